The van der Waals surface area contributed by atoms with E-state index in [0.717, 1.165) is 5.76 Å². The lowest BCUT2D eigenvalue weighted by molar-refractivity contribution is 0.0948. The maximum atomic E-state index is 12.0. The number of hydrogen-bond acceptors (Lipinski definition) is 4. The second-order valence-corrected chi connectivity index (χ2v) is 4.15. The van der Waals surface area contributed by atoms with E-state index < -0.39 is 0 Å². The van der Waals surface area contributed by atoms with Crippen molar-refractivity contribution >= 4 is 11.6 Å². The smallest absolute Gasteiger partial charge is 0.253 e. The van der Waals surface area contributed by atoms with Gasteiger partial charge in [-0.15, -0.1) is 0 Å². The van der Waals surface area contributed by atoms with Gasteiger partial charge >= 0.3 is 0 Å². The van der Waals surface area contributed by atoms with Crippen LogP contribution < -0.4 is 15.8 Å². The van der Waals surface area contributed by atoms with E-state index in [9.17, 15) is 4.79 Å². The Morgan fingerprint density at radius 1 is 1.37 bits per heavy atom. The molecule has 5 nitrogen and oxygen atoms in total. The minimum absolute atomic E-state index is 0.259. The van der Waals surface area contributed by atoms with Crippen LogP contribution in [0.1, 0.15) is 21.9 Å². The molecule has 1 aromatic heterocycles. The van der Waals surface area contributed by atoms with Gasteiger partial charge in [-0.2, -0.15) is 0 Å². The first kappa shape index (κ1) is 13.0. The van der Waals surface area contributed by atoms with Crippen LogP contribution in [0.25, 0.3) is 0 Å². The highest BCUT2D eigenvalue weighted by molar-refractivity contribution is 5.99. The molecule has 0 atom stereocenters. The number of furan rings is 1. The van der Waals surface area contributed by atoms with Crippen LogP contribution in [0.15, 0.2) is 34.7 Å². The SMILES string of the molecule is COc1ccc(N)c(C(=O)NCc2ccc(C)o2)c1. The molecule has 0 fully saturated rings. The van der Waals surface area contributed by atoms with Crippen LogP contribution in [0.3, 0.4) is 0 Å². The standard InChI is InChI=1S/C14H16N2O3/c1-9-3-4-11(19-9)8-16-14(17)12-7-10(18-2)5-6-13(12)15/h3-7H,8,15H2,1-2H3,(H,16,17). The third-order valence-corrected chi connectivity index (χ3v) is 2.72. The molecule has 1 heterocycles. The first-order chi connectivity index (χ1) is 9.10. The Hall–Kier alpha value is -2.43. The topological polar surface area (TPSA) is 77.5 Å². The van der Waals surface area contributed by atoms with Crippen LogP contribution in [-0.4, -0.2) is 13.0 Å². The number of rotatable bonds is 4. The molecular weight excluding hydrogens is 244 g/mol. The summed E-state index contributed by atoms with van der Waals surface area (Å²) in [6.45, 7) is 2.18. The van der Waals surface area contributed by atoms with Crippen molar-refractivity contribution in [1.82, 2.24) is 5.32 Å². The Morgan fingerprint density at radius 3 is 2.79 bits per heavy atom. The lowest BCUT2D eigenvalue weighted by Crippen LogP contribution is -2.23. The van der Waals surface area contributed by atoms with Crippen molar-refractivity contribution in [1.29, 1.82) is 0 Å². The predicted octanol–water partition coefficient (Wildman–Crippen LogP) is 2.11. The molecule has 0 aliphatic heterocycles. The zero-order valence-electron chi connectivity index (χ0n) is 10.9. The number of carbonyl (C=O) groups is 1. The predicted molar refractivity (Wildman–Crippen MR) is 72.0 cm³/mol. The molecule has 0 aliphatic carbocycles. The molecule has 19 heavy (non-hydrogen) atoms. The van der Waals surface area contributed by atoms with Gasteiger partial charge in [0.25, 0.3) is 5.91 Å². The van der Waals surface area contributed by atoms with E-state index in [1.54, 1.807) is 25.3 Å². The monoisotopic (exact) mass is 260 g/mol. The molecule has 0 spiro atoms. The molecule has 3 N–H and O–H groups in total. The fourth-order valence-electron chi connectivity index (χ4n) is 1.70. The van der Waals surface area contributed by atoms with Gasteiger partial charge in [0.1, 0.15) is 17.3 Å². The third kappa shape index (κ3) is 3.07. The summed E-state index contributed by atoms with van der Waals surface area (Å²) in [6, 6.07) is 8.64. The summed E-state index contributed by atoms with van der Waals surface area (Å²) in [5.74, 6) is 1.84. The van der Waals surface area contributed by atoms with E-state index in [1.165, 1.54) is 0 Å². The van der Waals surface area contributed by atoms with Gasteiger partial charge in [-0.3, -0.25) is 4.79 Å². The van der Waals surface area contributed by atoms with Crippen LogP contribution in [0, 0.1) is 6.92 Å². The highest BCUT2D eigenvalue weighted by Gasteiger charge is 2.11. The summed E-state index contributed by atoms with van der Waals surface area (Å²) in [6.07, 6.45) is 0. The molecule has 100 valence electrons. The largest absolute Gasteiger partial charge is 0.497 e. The lowest BCUT2D eigenvalue weighted by atomic mass is 10.1. The Balaban J connectivity index is 2.07. The van der Waals surface area contributed by atoms with Gasteiger partial charge in [0.05, 0.1) is 19.2 Å². The van der Waals surface area contributed by atoms with Crippen LogP contribution in [0.2, 0.25) is 0 Å². The van der Waals surface area contributed by atoms with Crippen LogP contribution in [-0.2, 0) is 6.54 Å². The Morgan fingerprint density at radius 2 is 2.16 bits per heavy atom. The number of methoxy groups -OCH3 is 1. The fraction of sp³-hybridized carbons (Fsp3) is 0.214. The average molecular weight is 260 g/mol. The number of ether oxygens (including phenoxy) is 1. The molecule has 0 bridgehead atoms. The quantitative estimate of drug-likeness (QED) is 0.825. The Bertz CT molecular complexity index is 590. The molecule has 5 heteroatoms. The molecule has 0 saturated heterocycles. The molecule has 1 amide bonds. The van der Waals surface area contributed by atoms with E-state index in [2.05, 4.69) is 5.32 Å². The van der Waals surface area contributed by atoms with Gasteiger partial charge < -0.3 is 20.2 Å². The molecule has 0 aliphatic rings. The van der Waals surface area contributed by atoms with Crippen molar-refractivity contribution < 1.29 is 13.9 Å². The maximum Gasteiger partial charge on any atom is 0.253 e. The van der Waals surface area contributed by atoms with E-state index >= 15 is 0 Å². The zero-order valence-corrected chi connectivity index (χ0v) is 10.9. The van der Waals surface area contributed by atoms with Crippen LogP contribution in [0.5, 0.6) is 5.75 Å². The van der Waals surface area contributed by atoms with E-state index in [-0.39, 0.29) is 5.91 Å². The number of amides is 1. The van der Waals surface area contributed by atoms with Crippen molar-refractivity contribution in [2.75, 3.05) is 12.8 Å². The number of nitrogen functional groups attached to an aromatic ring is 1. The van der Waals surface area contributed by atoms with Gasteiger partial charge in [0.2, 0.25) is 0 Å². The number of anilines is 1. The minimum atomic E-state index is -0.259. The van der Waals surface area contributed by atoms with Gasteiger partial charge in [-0.25, -0.2) is 0 Å². The first-order valence-corrected chi connectivity index (χ1v) is 5.87. The normalized spacial score (nSPS) is 10.2. The zero-order chi connectivity index (χ0) is 13.8. The summed E-state index contributed by atoms with van der Waals surface area (Å²) in [7, 11) is 1.54. The highest BCUT2D eigenvalue weighted by Crippen LogP contribution is 2.19. The molecule has 0 saturated carbocycles. The van der Waals surface area contributed by atoms with Crippen molar-refractivity contribution in [3.63, 3.8) is 0 Å². The Kier molecular flexibility index (Phi) is 3.75. The van der Waals surface area contributed by atoms with Gasteiger partial charge in [0, 0.05) is 5.69 Å². The van der Waals surface area contributed by atoms with Crippen molar-refractivity contribution in [2.24, 2.45) is 0 Å². The minimum Gasteiger partial charge on any atom is -0.497 e. The lowest BCUT2D eigenvalue weighted by Gasteiger charge is -2.08. The van der Waals surface area contributed by atoms with Crippen molar-refractivity contribution in [2.45, 2.75) is 13.5 Å². The number of nitrogens with two attached hydrogens (primary N) is 1. The number of hydrogen-bond donors (Lipinski definition) is 2. The Labute approximate surface area is 111 Å². The van der Waals surface area contributed by atoms with Crippen LogP contribution >= 0.6 is 0 Å². The van der Waals surface area contributed by atoms with Gasteiger partial charge in [-0.1, -0.05) is 0 Å². The third-order valence-electron chi connectivity index (χ3n) is 2.72. The maximum absolute atomic E-state index is 12.0. The second kappa shape index (κ2) is 5.48. The molecular formula is C14H16N2O3. The van der Waals surface area contributed by atoms with Crippen molar-refractivity contribution in [3.05, 3.63) is 47.4 Å². The van der Waals surface area contributed by atoms with Gasteiger partial charge in [0.15, 0.2) is 0 Å². The average Bonchev–Trinajstić information content (AvgIpc) is 2.82. The second-order valence-electron chi connectivity index (χ2n) is 4.15. The first-order valence-electron chi connectivity index (χ1n) is 5.87. The summed E-state index contributed by atoms with van der Waals surface area (Å²) in [5, 5.41) is 2.75. The van der Waals surface area contributed by atoms with Gasteiger partial charge in [-0.05, 0) is 37.3 Å². The molecule has 1 aromatic carbocycles. The van der Waals surface area contributed by atoms with Crippen LogP contribution in [0.4, 0.5) is 5.69 Å². The number of carbonyl (C=O) groups excluding carboxylic acids is 1. The van der Waals surface area contributed by atoms with Crippen molar-refractivity contribution in [3.8, 4) is 5.75 Å². The van der Waals surface area contributed by atoms with E-state index in [0.29, 0.717) is 29.3 Å². The number of benzene rings is 1. The summed E-state index contributed by atoms with van der Waals surface area (Å²) in [5.41, 5.74) is 6.58. The van der Waals surface area contributed by atoms with E-state index in [4.69, 9.17) is 14.9 Å². The molecule has 0 unspecified atom stereocenters. The highest BCUT2D eigenvalue weighted by atomic mass is 16.5. The van der Waals surface area contributed by atoms with E-state index in [1.807, 2.05) is 19.1 Å². The molecule has 2 aromatic rings. The fourth-order valence-corrected chi connectivity index (χ4v) is 1.70. The number of aryl methyl sites for hydroxylation is 1. The number of nitrogens with one attached hydrogen (secondary N) is 1. The summed E-state index contributed by atoms with van der Waals surface area (Å²) < 4.78 is 10.4. The molecule has 0 radical (unpaired) electrons. The summed E-state index contributed by atoms with van der Waals surface area (Å²) in [4.78, 5) is 12.0. The summed E-state index contributed by atoms with van der Waals surface area (Å²) >= 11 is 0. The molecule has 2 rings (SSSR count).